The van der Waals surface area contributed by atoms with E-state index in [4.69, 9.17) is 16.0 Å². The molecule has 0 saturated heterocycles. The van der Waals surface area contributed by atoms with E-state index < -0.39 is 17.6 Å². The van der Waals surface area contributed by atoms with Crippen molar-refractivity contribution >= 4 is 29.5 Å². The number of hydrogen-bond donors (Lipinski definition) is 2. The highest BCUT2D eigenvalue weighted by Crippen LogP contribution is 2.16. The number of amides is 2. The minimum absolute atomic E-state index is 0.0110. The predicted molar refractivity (Wildman–Crippen MR) is 104 cm³/mol. The van der Waals surface area contributed by atoms with E-state index in [0.717, 1.165) is 0 Å². The fourth-order valence-electron chi connectivity index (χ4n) is 2.39. The zero-order valence-electron chi connectivity index (χ0n) is 14.6. The van der Waals surface area contributed by atoms with Gasteiger partial charge in [0.15, 0.2) is 0 Å². The molecular weight excluding hydrogens is 383 g/mol. The van der Waals surface area contributed by atoms with Crippen molar-refractivity contribution in [3.8, 4) is 0 Å². The molecule has 0 bridgehead atoms. The van der Waals surface area contributed by atoms with Crippen LogP contribution in [0.4, 0.5) is 4.39 Å². The summed E-state index contributed by atoms with van der Waals surface area (Å²) >= 11 is 6.05. The molecule has 0 spiro atoms. The number of carbonyl (C=O) groups is 2. The van der Waals surface area contributed by atoms with Crippen molar-refractivity contribution in [2.45, 2.75) is 6.54 Å². The number of rotatable bonds is 6. The molecule has 2 aromatic carbocycles. The average molecular weight is 399 g/mol. The van der Waals surface area contributed by atoms with Crippen LogP contribution in [0.5, 0.6) is 0 Å². The van der Waals surface area contributed by atoms with Crippen LogP contribution >= 0.6 is 11.6 Å². The van der Waals surface area contributed by atoms with Crippen LogP contribution in [0.1, 0.15) is 21.7 Å². The number of carbonyl (C=O) groups excluding carboxylic acids is 2. The number of halogens is 2. The van der Waals surface area contributed by atoms with Crippen molar-refractivity contribution in [1.29, 1.82) is 0 Å². The van der Waals surface area contributed by atoms with Crippen LogP contribution in [-0.4, -0.2) is 11.8 Å². The van der Waals surface area contributed by atoms with Crippen LogP contribution < -0.4 is 10.6 Å². The largest absolute Gasteiger partial charge is 0.467 e. The highest BCUT2D eigenvalue weighted by molar-refractivity contribution is 6.34. The molecule has 0 radical (unpaired) electrons. The van der Waals surface area contributed by atoms with Crippen molar-refractivity contribution < 1.29 is 18.4 Å². The zero-order chi connectivity index (χ0) is 19.9. The van der Waals surface area contributed by atoms with E-state index in [1.165, 1.54) is 36.6 Å². The molecule has 142 valence electrons. The first-order chi connectivity index (χ1) is 13.5. The average Bonchev–Trinajstić information content (AvgIpc) is 3.21. The summed E-state index contributed by atoms with van der Waals surface area (Å²) in [5.74, 6) is -0.902. The molecule has 0 aliphatic heterocycles. The molecule has 1 aromatic heterocycles. The molecule has 0 aliphatic rings. The number of nitrogens with one attached hydrogen (secondary N) is 2. The molecule has 7 heteroatoms. The van der Waals surface area contributed by atoms with Crippen LogP contribution in [0, 0.1) is 5.82 Å². The molecule has 0 saturated carbocycles. The minimum atomic E-state index is -0.535. The highest BCUT2D eigenvalue weighted by Gasteiger charge is 2.16. The Balaban J connectivity index is 1.83. The van der Waals surface area contributed by atoms with Crippen molar-refractivity contribution in [2.24, 2.45) is 0 Å². The van der Waals surface area contributed by atoms with Gasteiger partial charge in [0.1, 0.15) is 17.3 Å². The lowest BCUT2D eigenvalue weighted by molar-refractivity contribution is -0.118. The second-order valence-corrected chi connectivity index (χ2v) is 6.21. The van der Waals surface area contributed by atoms with Gasteiger partial charge in [-0.1, -0.05) is 35.9 Å². The molecular formula is C21H16ClFN2O3. The van der Waals surface area contributed by atoms with Gasteiger partial charge in [-0.15, -0.1) is 0 Å². The summed E-state index contributed by atoms with van der Waals surface area (Å²) in [5.41, 5.74) is 0.764. The van der Waals surface area contributed by atoms with Crippen molar-refractivity contribution in [2.75, 3.05) is 0 Å². The Hall–Kier alpha value is -3.38. The second-order valence-electron chi connectivity index (χ2n) is 5.81. The van der Waals surface area contributed by atoms with E-state index in [1.807, 2.05) is 0 Å². The van der Waals surface area contributed by atoms with E-state index in [-0.39, 0.29) is 22.8 Å². The lowest BCUT2D eigenvalue weighted by Gasteiger charge is -2.11. The Labute approximate surface area is 165 Å². The van der Waals surface area contributed by atoms with E-state index in [2.05, 4.69) is 10.6 Å². The highest BCUT2D eigenvalue weighted by atomic mass is 35.5. The van der Waals surface area contributed by atoms with Crippen LogP contribution in [0.15, 0.2) is 77.0 Å². The van der Waals surface area contributed by atoms with Gasteiger partial charge in [0.25, 0.3) is 11.8 Å². The van der Waals surface area contributed by atoms with Crippen molar-refractivity contribution in [1.82, 2.24) is 10.6 Å². The smallest absolute Gasteiger partial charge is 0.268 e. The monoisotopic (exact) mass is 398 g/mol. The lowest BCUT2D eigenvalue weighted by Crippen LogP contribution is -2.34. The third kappa shape index (κ3) is 5.08. The quantitative estimate of drug-likeness (QED) is 0.612. The molecule has 5 nitrogen and oxygen atoms in total. The van der Waals surface area contributed by atoms with E-state index >= 15 is 0 Å². The summed E-state index contributed by atoms with van der Waals surface area (Å²) in [5, 5.41) is 5.50. The van der Waals surface area contributed by atoms with Crippen LogP contribution in [0.25, 0.3) is 6.08 Å². The first kappa shape index (κ1) is 19.4. The summed E-state index contributed by atoms with van der Waals surface area (Å²) in [6.45, 7) is 0.147. The molecule has 0 aliphatic carbocycles. The summed E-state index contributed by atoms with van der Waals surface area (Å²) in [6, 6.07) is 15.4. The van der Waals surface area contributed by atoms with Gasteiger partial charge in [-0.25, -0.2) is 4.39 Å². The molecule has 0 atom stereocenters. The molecule has 2 amide bonds. The van der Waals surface area contributed by atoms with Crippen LogP contribution in [-0.2, 0) is 11.3 Å². The molecule has 28 heavy (non-hydrogen) atoms. The fourth-order valence-corrected chi connectivity index (χ4v) is 2.62. The van der Waals surface area contributed by atoms with Gasteiger partial charge in [-0.05, 0) is 48.0 Å². The molecule has 0 fully saturated rings. The Morgan fingerprint density at radius 3 is 2.46 bits per heavy atom. The van der Waals surface area contributed by atoms with Crippen molar-refractivity contribution in [3.05, 3.63) is 100 Å². The lowest BCUT2D eigenvalue weighted by atomic mass is 10.1. The summed E-state index contributed by atoms with van der Waals surface area (Å²) in [6.07, 6.45) is 2.95. The summed E-state index contributed by atoms with van der Waals surface area (Å²) in [7, 11) is 0. The van der Waals surface area contributed by atoms with E-state index in [0.29, 0.717) is 11.3 Å². The Kier molecular flexibility index (Phi) is 6.24. The number of furan rings is 1. The van der Waals surface area contributed by atoms with Gasteiger partial charge in [0, 0.05) is 0 Å². The summed E-state index contributed by atoms with van der Waals surface area (Å²) < 4.78 is 18.3. The van der Waals surface area contributed by atoms with Crippen LogP contribution in [0.2, 0.25) is 5.02 Å². The first-order valence-corrected chi connectivity index (χ1v) is 8.74. The van der Waals surface area contributed by atoms with Gasteiger partial charge >= 0.3 is 0 Å². The predicted octanol–water partition coefficient (Wildman–Crippen LogP) is 4.16. The second kappa shape index (κ2) is 9.01. The molecule has 1 heterocycles. The number of benzene rings is 2. The Morgan fingerprint density at radius 2 is 1.79 bits per heavy atom. The van der Waals surface area contributed by atoms with Crippen LogP contribution in [0.3, 0.4) is 0 Å². The van der Waals surface area contributed by atoms with Crippen molar-refractivity contribution in [3.63, 3.8) is 0 Å². The Bertz CT molecular complexity index is 999. The minimum Gasteiger partial charge on any atom is -0.467 e. The maximum atomic E-state index is 13.1. The third-order valence-corrected chi connectivity index (χ3v) is 4.13. The van der Waals surface area contributed by atoms with Gasteiger partial charge in [-0.3, -0.25) is 9.59 Å². The molecule has 0 unspecified atom stereocenters. The van der Waals surface area contributed by atoms with Gasteiger partial charge in [0.05, 0.1) is 23.4 Å². The topological polar surface area (TPSA) is 71.3 Å². The maximum absolute atomic E-state index is 13.1. The SMILES string of the molecule is O=C(NCc1ccco1)C(=Cc1ccc(F)cc1)NC(=O)c1ccccc1Cl. The normalized spacial score (nSPS) is 11.1. The zero-order valence-corrected chi connectivity index (χ0v) is 15.4. The molecule has 2 N–H and O–H groups in total. The molecule has 3 aromatic rings. The first-order valence-electron chi connectivity index (χ1n) is 8.36. The third-order valence-electron chi connectivity index (χ3n) is 3.80. The van der Waals surface area contributed by atoms with Gasteiger partial charge in [0.2, 0.25) is 0 Å². The molecule has 3 rings (SSSR count). The Morgan fingerprint density at radius 1 is 1.04 bits per heavy atom. The maximum Gasteiger partial charge on any atom is 0.268 e. The van der Waals surface area contributed by atoms with Gasteiger partial charge in [-0.2, -0.15) is 0 Å². The standard InChI is InChI=1S/C21H16ClFN2O3/c22-18-6-2-1-5-17(18)20(26)25-19(12-14-7-9-15(23)10-8-14)21(27)24-13-16-4-3-11-28-16/h1-12H,13H2,(H,24,27)(H,25,26). The van der Waals surface area contributed by atoms with Gasteiger partial charge < -0.3 is 15.1 Å². The number of hydrogen-bond acceptors (Lipinski definition) is 3. The summed E-state index contributed by atoms with van der Waals surface area (Å²) in [4.78, 5) is 25.2. The fraction of sp³-hybridized carbons (Fsp3) is 0.0476. The van der Waals surface area contributed by atoms with E-state index in [1.54, 1.807) is 36.4 Å². The van der Waals surface area contributed by atoms with E-state index in [9.17, 15) is 14.0 Å².